The van der Waals surface area contributed by atoms with E-state index in [4.69, 9.17) is 0 Å². The molecular formula is C7H18I3N2V. The molecule has 13 heavy (non-hydrogen) atoms. The molecular weight excluding hydrogens is 544 g/mol. The summed E-state index contributed by atoms with van der Waals surface area (Å²) in [5.41, 5.74) is 0. The molecule has 0 aromatic rings. The molecule has 0 fully saturated rings. The topological polar surface area (TPSA) is 6.48 Å². The van der Waals surface area contributed by atoms with E-state index in [1.807, 2.05) is 0 Å². The third-order valence-corrected chi connectivity index (χ3v) is 1.21. The number of halogens is 3. The van der Waals surface area contributed by atoms with E-state index in [1.165, 1.54) is 19.5 Å². The Bertz CT molecular complexity index is 91.0. The predicted molar refractivity (Wildman–Crippen MR) is 83.8 cm³/mol. The molecule has 0 saturated carbocycles. The molecule has 0 aliphatic rings. The molecule has 0 saturated heterocycles. The van der Waals surface area contributed by atoms with Crippen molar-refractivity contribution in [3.8, 4) is 0 Å². The van der Waals surface area contributed by atoms with Crippen molar-refractivity contribution in [3.63, 3.8) is 0 Å². The average Bonchev–Trinajstić information content (AvgIpc) is 1.83. The van der Waals surface area contributed by atoms with Crippen molar-refractivity contribution in [2.45, 2.75) is 6.42 Å². The van der Waals surface area contributed by atoms with Crippen molar-refractivity contribution in [1.82, 2.24) is 9.80 Å². The third kappa shape index (κ3) is 31.3. The van der Waals surface area contributed by atoms with Gasteiger partial charge in [-0.3, -0.25) is 0 Å². The van der Waals surface area contributed by atoms with Crippen LogP contribution < -0.4 is 0 Å². The minimum absolute atomic E-state index is 0.278. The van der Waals surface area contributed by atoms with Crippen molar-refractivity contribution in [2.75, 3.05) is 41.3 Å². The Balaban J connectivity index is 0. The summed E-state index contributed by atoms with van der Waals surface area (Å²) < 4.78 is 0. The second-order valence-electron chi connectivity index (χ2n) is 3.15. The van der Waals surface area contributed by atoms with Crippen molar-refractivity contribution in [3.05, 3.63) is 0 Å². The van der Waals surface area contributed by atoms with E-state index in [9.17, 15) is 0 Å². The van der Waals surface area contributed by atoms with Gasteiger partial charge in [0.25, 0.3) is 0 Å². The third-order valence-electron chi connectivity index (χ3n) is 1.21. The van der Waals surface area contributed by atoms with Crippen LogP contribution in [0, 0.1) is 0 Å². The van der Waals surface area contributed by atoms with E-state index in [2.05, 4.69) is 97.9 Å². The molecule has 2 nitrogen and oxygen atoms in total. The molecule has 0 rings (SSSR count). The molecule has 0 radical (unpaired) electrons. The number of rotatable bonds is 4. The van der Waals surface area contributed by atoms with Crippen molar-refractivity contribution in [1.29, 1.82) is 0 Å². The Labute approximate surface area is 120 Å². The van der Waals surface area contributed by atoms with E-state index in [-0.39, 0.29) is 4.92 Å². The van der Waals surface area contributed by atoms with Crippen LogP contribution in [0.15, 0.2) is 0 Å². The molecule has 0 bridgehead atoms. The summed E-state index contributed by atoms with van der Waals surface area (Å²) in [5.74, 6) is 0. The number of nitrogens with zero attached hydrogens (tertiary/aromatic N) is 2. The SMILES string of the molecule is CN(C)CCCN(C)C.[I][V]([I])[I]. The fraction of sp³-hybridized carbons (Fsp3) is 1.00. The van der Waals surface area contributed by atoms with Gasteiger partial charge in [0.15, 0.2) is 0 Å². The Morgan fingerprint density at radius 3 is 1.23 bits per heavy atom. The summed E-state index contributed by atoms with van der Waals surface area (Å²) in [5, 5.41) is 0. The summed E-state index contributed by atoms with van der Waals surface area (Å²) >= 11 is 7.39. The van der Waals surface area contributed by atoms with E-state index in [0.29, 0.717) is 0 Å². The second-order valence-corrected chi connectivity index (χ2v) is 38.5. The first-order valence-electron chi connectivity index (χ1n) is 3.93. The van der Waals surface area contributed by atoms with E-state index in [0.717, 1.165) is 0 Å². The van der Waals surface area contributed by atoms with Gasteiger partial charge < -0.3 is 9.80 Å². The predicted octanol–water partition coefficient (Wildman–Crippen LogP) is 3.15. The maximum absolute atomic E-state index is 2.46. The molecule has 0 aromatic heterocycles. The Kier molecular flexibility index (Phi) is 17.7. The molecule has 0 spiro atoms. The first-order valence-corrected chi connectivity index (χ1v) is 17.4. The number of hydrogen-bond acceptors (Lipinski definition) is 2. The Hall–Kier alpha value is 2.69. The van der Waals surface area contributed by atoms with Gasteiger partial charge in [0.2, 0.25) is 0 Å². The van der Waals surface area contributed by atoms with Crippen LogP contribution in [0.3, 0.4) is 0 Å². The first-order chi connectivity index (χ1) is 5.86. The van der Waals surface area contributed by atoms with Crippen LogP contribution in [0.5, 0.6) is 0 Å². The zero-order chi connectivity index (χ0) is 10.9. The molecule has 0 heterocycles. The minimum atomic E-state index is -0.278. The Morgan fingerprint density at radius 1 is 0.846 bits per heavy atom. The molecule has 0 amide bonds. The standard InChI is InChI=1S/C7H18N2.3HI.V/c1-8(2)6-5-7-9(3)4;;;;/h5-7H2,1-4H3;3*1H;/q;;;;+3/p-3. The van der Waals surface area contributed by atoms with Crippen molar-refractivity contribution >= 4 is 59.9 Å². The maximum atomic E-state index is 2.46. The molecule has 0 unspecified atom stereocenters. The van der Waals surface area contributed by atoms with Crippen molar-refractivity contribution < 1.29 is 4.92 Å². The van der Waals surface area contributed by atoms with Crippen LogP contribution in [0.2, 0.25) is 0 Å². The van der Waals surface area contributed by atoms with E-state index < -0.39 is 0 Å². The van der Waals surface area contributed by atoms with E-state index >= 15 is 0 Å². The first kappa shape index (κ1) is 18.1. The fourth-order valence-electron chi connectivity index (χ4n) is 0.703. The summed E-state index contributed by atoms with van der Waals surface area (Å²) in [4.78, 5) is 4.15. The summed E-state index contributed by atoms with van der Waals surface area (Å²) in [6.45, 7) is 2.39. The van der Waals surface area contributed by atoms with Crippen LogP contribution in [-0.2, 0) is 4.92 Å². The van der Waals surface area contributed by atoms with Gasteiger partial charge in [0.05, 0.1) is 0 Å². The van der Waals surface area contributed by atoms with Crippen LogP contribution >= 0.6 is 59.9 Å². The molecule has 0 N–H and O–H groups in total. The monoisotopic (exact) mass is 562 g/mol. The zero-order valence-corrected chi connectivity index (χ0v) is 16.5. The molecule has 82 valence electrons. The zero-order valence-electron chi connectivity index (χ0n) is 8.60. The van der Waals surface area contributed by atoms with Crippen LogP contribution in [0.1, 0.15) is 6.42 Å². The van der Waals surface area contributed by atoms with Crippen LogP contribution in [0.25, 0.3) is 0 Å². The molecule has 0 aliphatic carbocycles. The normalized spacial score (nSPS) is 10.6. The fourth-order valence-corrected chi connectivity index (χ4v) is 0.703. The van der Waals surface area contributed by atoms with Crippen molar-refractivity contribution in [2.24, 2.45) is 0 Å². The molecule has 6 heteroatoms. The molecule has 0 aliphatic heterocycles. The Morgan fingerprint density at radius 2 is 1.08 bits per heavy atom. The van der Waals surface area contributed by atoms with Gasteiger partial charge in [-0.1, -0.05) is 0 Å². The average molecular weight is 562 g/mol. The van der Waals surface area contributed by atoms with Gasteiger partial charge in [0.1, 0.15) is 0 Å². The molecule has 0 atom stereocenters. The summed E-state index contributed by atoms with van der Waals surface area (Å²) in [7, 11) is 8.43. The van der Waals surface area contributed by atoms with Crippen LogP contribution in [0.4, 0.5) is 0 Å². The summed E-state index contributed by atoms with van der Waals surface area (Å²) in [6, 6.07) is 0. The molecule has 0 aromatic carbocycles. The van der Waals surface area contributed by atoms with E-state index in [1.54, 1.807) is 0 Å². The number of hydrogen-bond donors (Lipinski definition) is 0. The van der Waals surface area contributed by atoms with Crippen LogP contribution in [-0.4, -0.2) is 51.1 Å². The van der Waals surface area contributed by atoms with Gasteiger partial charge in [0, 0.05) is 0 Å². The van der Waals surface area contributed by atoms with Gasteiger partial charge >= 0.3 is 64.9 Å². The quantitative estimate of drug-likeness (QED) is 0.487. The van der Waals surface area contributed by atoms with Gasteiger partial charge in [-0.25, -0.2) is 0 Å². The van der Waals surface area contributed by atoms with Gasteiger partial charge in [-0.05, 0) is 47.7 Å². The van der Waals surface area contributed by atoms with Gasteiger partial charge in [-0.2, -0.15) is 0 Å². The summed E-state index contributed by atoms with van der Waals surface area (Å²) in [6.07, 6.45) is 1.26. The second kappa shape index (κ2) is 12.8. The van der Waals surface area contributed by atoms with Gasteiger partial charge in [-0.15, -0.1) is 0 Å².